The van der Waals surface area contributed by atoms with Gasteiger partial charge in [0.1, 0.15) is 5.82 Å². The van der Waals surface area contributed by atoms with Crippen LogP contribution in [0.1, 0.15) is 22.7 Å². The lowest BCUT2D eigenvalue weighted by atomic mass is 9.94. The lowest BCUT2D eigenvalue weighted by Gasteiger charge is -2.27. The highest BCUT2D eigenvalue weighted by Gasteiger charge is 2.41. The number of benzene rings is 2. The molecule has 1 heterocycles. The quantitative estimate of drug-likeness (QED) is 0.866. The number of fused-ring (bicyclic) bond motifs is 1. The molecule has 3 nitrogen and oxygen atoms in total. The fourth-order valence-electron chi connectivity index (χ4n) is 2.87. The Morgan fingerprint density at radius 1 is 1.16 bits per heavy atom. The third-order valence-electron chi connectivity index (χ3n) is 4.17. The number of carbonyl (C=O) groups is 1. The number of hydrogen-bond acceptors (Lipinski definition) is 2. The highest BCUT2D eigenvalue weighted by atomic mass is 35.5. The molecule has 0 saturated carbocycles. The molecule has 1 aliphatic heterocycles. The van der Waals surface area contributed by atoms with Gasteiger partial charge in [0, 0.05) is 18.2 Å². The number of hydrogen-bond donors (Lipinski definition) is 2. The minimum Gasteiger partial charge on any atom is -0.349 e. The average Bonchev–Trinajstić information content (AvgIpc) is 2.60. The zero-order valence-electron chi connectivity index (χ0n) is 13.3. The normalized spacial score (nSPS) is 16.5. The zero-order chi connectivity index (χ0) is 17.2. The van der Waals surface area contributed by atoms with Crippen LogP contribution in [0.3, 0.4) is 0 Å². The Morgan fingerprint density at radius 2 is 1.84 bits per heavy atom. The van der Waals surface area contributed by atoms with Crippen molar-refractivity contribution in [1.29, 1.82) is 0 Å². The van der Waals surface area contributed by atoms with Gasteiger partial charge in [0.15, 0.2) is 0 Å². The van der Waals surface area contributed by atoms with E-state index in [9.17, 15) is 18.0 Å². The Bertz CT molecular complexity index is 737. The highest BCUT2D eigenvalue weighted by molar-refractivity contribution is 5.85. The second-order valence-electron chi connectivity index (χ2n) is 5.75. The molecule has 2 aromatic rings. The van der Waals surface area contributed by atoms with E-state index >= 15 is 0 Å². The fraction of sp³-hybridized carbons (Fsp3) is 0.278. The maximum absolute atomic E-state index is 14.2. The molecule has 7 heteroatoms. The number of nitrogens with one attached hydrogen (secondary N) is 2. The summed E-state index contributed by atoms with van der Waals surface area (Å²) in [5, 5.41) is 5.52. The molecule has 0 saturated heterocycles. The molecule has 1 atom stereocenters. The van der Waals surface area contributed by atoms with Crippen LogP contribution in [0, 0.1) is 5.82 Å². The smallest absolute Gasteiger partial charge is 0.349 e. The Kier molecular flexibility index (Phi) is 6.08. The van der Waals surface area contributed by atoms with E-state index in [-0.39, 0.29) is 25.0 Å². The summed E-state index contributed by atoms with van der Waals surface area (Å²) in [5.41, 5.74) is 1.63. The largest absolute Gasteiger partial charge is 0.349 e. The first-order chi connectivity index (χ1) is 11.5. The minimum atomic E-state index is -3.71. The van der Waals surface area contributed by atoms with Crippen LogP contribution in [0.5, 0.6) is 0 Å². The maximum Gasteiger partial charge on any atom is 0.349 e. The average molecular weight is 371 g/mol. The standard InChI is InChI=1S/C18H17F3N2O.ClH/c19-14-7-5-13(6-8-14)18(20,21)17(24)23-11-16-15-4-2-1-3-12(15)9-10-22-16;/h1-8,16,22H,9-11H2,(H,23,24);1H. The predicted octanol–water partition coefficient (Wildman–Crippen LogP) is 3.34. The molecule has 134 valence electrons. The first-order valence-electron chi connectivity index (χ1n) is 7.72. The minimum absolute atomic E-state index is 0. The number of amides is 1. The van der Waals surface area contributed by atoms with Crippen molar-refractivity contribution in [3.63, 3.8) is 0 Å². The summed E-state index contributed by atoms with van der Waals surface area (Å²) in [6.07, 6.45) is 0.867. The zero-order valence-corrected chi connectivity index (χ0v) is 14.1. The predicted molar refractivity (Wildman–Crippen MR) is 91.4 cm³/mol. The van der Waals surface area contributed by atoms with Crippen LogP contribution in [0.15, 0.2) is 48.5 Å². The highest BCUT2D eigenvalue weighted by Crippen LogP contribution is 2.29. The van der Waals surface area contributed by atoms with Gasteiger partial charge in [-0.3, -0.25) is 4.79 Å². The monoisotopic (exact) mass is 370 g/mol. The summed E-state index contributed by atoms with van der Waals surface area (Å²) in [5.74, 6) is -5.72. The van der Waals surface area contributed by atoms with Gasteiger partial charge in [-0.25, -0.2) is 4.39 Å². The molecule has 1 aliphatic rings. The van der Waals surface area contributed by atoms with Gasteiger partial charge in [-0.1, -0.05) is 24.3 Å². The molecule has 0 aromatic heterocycles. The number of carbonyl (C=O) groups excluding carboxylic acids is 1. The molecule has 1 unspecified atom stereocenters. The third kappa shape index (κ3) is 4.14. The van der Waals surface area contributed by atoms with Gasteiger partial charge in [-0.2, -0.15) is 8.78 Å². The number of halogens is 4. The molecule has 2 aromatic carbocycles. The molecule has 2 N–H and O–H groups in total. The number of rotatable bonds is 4. The van der Waals surface area contributed by atoms with E-state index in [0.29, 0.717) is 0 Å². The fourth-order valence-corrected chi connectivity index (χ4v) is 2.87. The summed E-state index contributed by atoms with van der Waals surface area (Å²) < 4.78 is 41.2. The van der Waals surface area contributed by atoms with Crippen LogP contribution in [0.4, 0.5) is 13.2 Å². The molecule has 0 fully saturated rings. The van der Waals surface area contributed by atoms with E-state index in [1.807, 2.05) is 24.3 Å². The van der Waals surface area contributed by atoms with Gasteiger partial charge in [-0.05, 0) is 48.4 Å². The van der Waals surface area contributed by atoms with Gasteiger partial charge in [0.2, 0.25) is 0 Å². The van der Waals surface area contributed by atoms with Crippen molar-refractivity contribution in [3.8, 4) is 0 Å². The van der Waals surface area contributed by atoms with Crippen LogP contribution >= 0.6 is 12.4 Å². The van der Waals surface area contributed by atoms with Gasteiger partial charge in [0.05, 0.1) is 0 Å². The van der Waals surface area contributed by atoms with Crippen molar-refractivity contribution in [2.24, 2.45) is 0 Å². The summed E-state index contributed by atoms with van der Waals surface area (Å²) >= 11 is 0. The summed E-state index contributed by atoms with van der Waals surface area (Å²) in [6, 6.07) is 11.2. The lowest BCUT2D eigenvalue weighted by molar-refractivity contribution is -0.147. The summed E-state index contributed by atoms with van der Waals surface area (Å²) in [7, 11) is 0. The van der Waals surface area contributed by atoms with Crippen molar-refractivity contribution in [1.82, 2.24) is 10.6 Å². The van der Waals surface area contributed by atoms with Crippen LogP contribution in [-0.2, 0) is 17.1 Å². The van der Waals surface area contributed by atoms with E-state index in [1.54, 1.807) is 0 Å². The first kappa shape index (κ1) is 19.3. The van der Waals surface area contributed by atoms with Crippen molar-refractivity contribution >= 4 is 18.3 Å². The van der Waals surface area contributed by atoms with Crippen molar-refractivity contribution in [3.05, 3.63) is 71.0 Å². The van der Waals surface area contributed by atoms with E-state index in [2.05, 4.69) is 10.6 Å². The van der Waals surface area contributed by atoms with Crippen LogP contribution < -0.4 is 10.6 Å². The third-order valence-corrected chi connectivity index (χ3v) is 4.17. The molecule has 1 amide bonds. The van der Waals surface area contributed by atoms with Gasteiger partial charge < -0.3 is 10.6 Å². The van der Waals surface area contributed by atoms with Crippen molar-refractivity contribution in [2.75, 3.05) is 13.1 Å². The SMILES string of the molecule is Cl.O=C(NCC1NCCc2ccccc21)C(F)(F)c1ccc(F)cc1. The van der Waals surface area contributed by atoms with Crippen LogP contribution in [0.25, 0.3) is 0 Å². The maximum atomic E-state index is 14.2. The second-order valence-corrected chi connectivity index (χ2v) is 5.75. The molecule has 0 spiro atoms. The molecule has 0 radical (unpaired) electrons. The lowest BCUT2D eigenvalue weighted by Crippen LogP contribution is -2.44. The van der Waals surface area contributed by atoms with Crippen LogP contribution in [0.2, 0.25) is 0 Å². The molecular weight excluding hydrogens is 353 g/mol. The molecule has 25 heavy (non-hydrogen) atoms. The summed E-state index contributed by atoms with van der Waals surface area (Å²) in [4.78, 5) is 11.9. The van der Waals surface area contributed by atoms with Crippen molar-refractivity contribution < 1.29 is 18.0 Å². The van der Waals surface area contributed by atoms with Crippen molar-refractivity contribution in [2.45, 2.75) is 18.4 Å². The Balaban J connectivity index is 0.00000225. The van der Waals surface area contributed by atoms with Gasteiger partial charge >= 0.3 is 5.92 Å². The van der Waals surface area contributed by atoms with E-state index in [4.69, 9.17) is 0 Å². The summed E-state index contributed by atoms with van der Waals surface area (Å²) in [6.45, 7) is 0.790. The van der Waals surface area contributed by atoms with Gasteiger partial charge in [-0.15, -0.1) is 12.4 Å². The topological polar surface area (TPSA) is 41.1 Å². The van der Waals surface area contributed by atoms with E-state index in [0.717, 1.165) is 48.4 Å². The second kappa shape index (κ2) is 7.89. The molecular formula is C18H18ClF3N2O. The van der Waals surface area contributed by atoms with E-state index < -0.39 is 23.2 Å². The Morgan fingerprint density at radius 3 is 2.56 bits per heavy atom. The Hall–Kier alpha value is -2.05. The Labute approximate surface area is 150 Å². The van der Waals surface area contributed by atoms with E-state index in [1.165, 1.54) is 0 Å². The number of alkyl halides is 2. The molecule has 3 rings (SSSR count). The van der Waals surface area contributed by atoms with Crippen LogP contribution in [-0.4, -0.2) is 19.0 Å². The molecule has 0 bridgehead atoms. The first-order valence-corrected chi connectivity index (χ1v) is 7.72. The van der Waals surface area contributed by atoms with Gasteiger partial charge in [0.25, 0.3) is 5.91 Å². The molecule has 0 aliphatic carbocycles.